The van der Waals surface area contributed by atoms with E-state index in [0.29, 0.717) is 12.2 Å². The van der Waals surface area contributed by atoms with Gasteiger partial charge in [-0.2, -0.15) is 5.10 Å². The fourth-order valence-electron chi connectivity index (χ4n) is 2.67. The minimum absolute atomic E-state index is 0.171. The third kappa shape index (κ3) is 3.79. The lowest BCUT2D eigenvalue weighted by molar-refractivity contribution is 0.0948. The number of benzene rings is 1. The van der Waals surface area contributed by atoms with Crippen molar-refractivity contribution in [1.82, 2.24) is 19.9 Å². The summed E-state index contributed by atoms with van der Waals surface area (Å²) in [7, 11) is 0. The summed E-state index contributed by atoms with van der Waals surface area (Å²) >= 11 is 6.28. The maximum Gasteiger partial charge on any atom is 0.273 e. The average Bonchev–Trinajstić information content (AvgIpc) is 2.91. The minimum Gasteiger partial charge on any atom is -0.351 e. The number of carbonyl (C=O) groups excluding carboxylic acids is 1. The number of hydrogen-bond donors (Lipinski definition) is 1. The van der Waals surface area contributed by atoms with Gasteiger partial charge in [0.15, 0.2) is 11.3 Å². The standard InChI is InChI=1S/C18H18ClFN4O/c1-11-10-12(2)24-17(22-11)15(19)16(23-24)18(25)21-9-3-4-13-5-7-14(20)8-6-13/h5-8,10H,3-4,9H2,1-2H3,(H,21,25). The number of aryl methyl sites for hydroxylation is 3. The molecule has 1 aromatic carbocycles. The Labute approximate surface area is 149 Å². The van der Waals surface area contributed by atoms with E-state index in [4.69, 9.17) is 11.6 Å². The predicted molar refractivity (Wildman–Crippen MR) is 94.5 cm³/mol. The van der Waals surface area contributed by atoms with Crippen molar-refractivity contribution in [2.24, 2.45) is 0 Å². The van der Waals surface area contributed by atoms with E-state index in [1.807, 2.05) is 19.9 Å². The minimum atomic E-state index is -0.327. The maximum atomic E-state index is 12.9. The lowest BCUT2D eigenvalue weighted by Gasteiger charge is -2.04. The number of carbonyl (C=O) groups is 1. The Hall–Kier alpha value is -2.47. The third-order valence-corrected chi connectivity index (χ3v) is 4.24. The Morgan fingerprint density at radius 1 is 1.28 bits per heavy atom. The molecular formula is C18H18ClFN4O. The molecule has 0 saturated carbocycles. The van der Waals surface area contributed by atoms with Gasteiger partial charge in [0.05, 0.1) is 0 Å². The van der Waals surface area contributed by atoms with Crippen LogP contribution in [0, 0.1) is 19.7 Å². The summed E-state index contributed by atoms with van der Waals surface area (Å²) in [5.41, 5.74) is 3.36. The summed E-state index contributed by atoms with van der Waals surface area (Å²) in [5, 5.41) is 7.34. The highest BCUT2D eigenvalue weighted by Crippen LogP contribution is 2.21. The molecule has 0 saturated heterocycles. The van der Waals surface area contributed by atoms with Crippen LogP contribution in [0.4, 0.5) is 4.39 Å². The van der Waals surface area contributed by atoms with Gasteiger partial charge in [-0.25, -0.2) is 13.9 Å². The summed E-state index contributed by atoms with van der Waals surface area (Å²) in [6, 6.07) is 8.23. The molecule has 0 aliphatic heterocycles. The van der Waals surface area contributed by atoms with E-state index >= 15 is 0 Å². The van der Waals surface area contributed by atoms with Crippen LogP contribution in [0.3, 0.4) is 0 Å². The number of halogens is 2. The Morgan fingerprint density at radius 2 is 2.00 bits per heavy atom. The zero-order chi connectivity index (χ0) is 18.0. The van der Waals surface area contributed by atoms with Crippen LogP contribution in [0.15, 0.2) is 30.3 Å². The topological polar surface area (TPSA) is 59.3 Å². The van der Waals surface area contributed by atoms with Crippen LogP contribution in [0.25, 0.3) is 5.65 Å². The predicted octanol–water partition coefficient (Wildman–Crippen LogP) is 3.50. The Kier molecular flexibility index (Phi) is 4.99. The molecule has 0 spiro atoms. The monoisotopic (exact) mass is 360 g/mol. The molecule has 5 nitrogen and oxygen atoms in total. The summed E-state index contributed by atoms with van der Waals surface area (Å²) in [6.07, 6.45) is 1.48. The molecule has 7 heteroatoms. The summed E-state index contributed by atoms with van der Waals surface area (Å²) in [4.78, 5) is 16.7. The highest BCUT2D eigenvalue weighted by Gasteiger charge is 2.19. The molecule has 3 rings (SSSR count). The maximum absolute atomic E-state index is 12.9. The molecule has 1 amide bonds. The van der Waals surface area contributed by atoms with Crippen LogP contribution in [0.2, 0.25) is 5.02 Å². The first kappa shape index (κ1) is 17.4. The second-order valence-corrected chi connectivity index (χ2v) is 6.30. The van der Waals surface area contributed by atoms with Crippen LogP contribution >= 0.6 is 11.6 Å². The van der Waals surface area contributed by atoms with Crippen LogP contribution in [-0.2, 0) is 6.42 Å². The third-order valence-electron chi connectivity index (χ3n) is 3.90. The molecule has 0 fully saturated rings. The fraction of sp³-hybridized carbons (Fsp3) is 0.278. The van der Waals surface area contributed by atoms with E-state index in [2.05, 4.69) is 15.4 Å². The normalized spacial score (nSPS) is 11.0. The molecule has 0 radical (unpaired) electrons. The van der Waals surface area contributed by atoms with E-state index < -0.39 is 0 Å². The van der Waals surface area contributed by atoms with Gasteiger partial charge in [0, 0.05) is 17.9 Å². The molecular weight excluding hydrogens is 343 g/mol. The summed E-state index contributed by atoms with van der Waals surface area (Å²) < 4.78 is 14.4. The smallest absolute Gasteiger partial charge is 0.273 e. The average molecular weight is 361 g/mol. The van der Waals surface area contributed by atoms with Crippen molar-refractivity contribution in [3.8, 4) is 0 Å². The second kappa shape index (κ2) is 7.19. The van der Waals surface area contributed by atoms with E-state index in [0.717, 1.165) is 29.8 Å². The molecule has 2 aromatic heterocycles. The van der Waals surface area contributed by atoms with Crippen molar-refractivity contribution in [3.63, 3.8) is 0 Å². The Bertz CT molecular complexity index is 921. The van der Waals surface area contributed by atoms with Crippen molar-refractivity contribution >= 4 is 23.2 Å². The highest BCUT2D eigenvalue weighted by atomic mass is 35.5. The van der Waals surface area contributed by atoms with Gasteiger partial charge < -0.3 is 5.32 Å². The molecule has 0 aliphatic rings. The van der Waals surface area contributed by atoms with E-state index in [1.54, 1.807) is 16.6 Å². The largest absolute Gasteiger partial charge is 0.351 e. The molecule has 25 heavy (non-hydrogen) atoms. The van der Waals surface area contributed by atoms with E-state index in [-0.39, 0.29) is 22.4 Å². The van der Waals surface area contributed by atoms with Gasteiger partial charge >= 0.3 is 0 Å². The molecule has 1 N–H and O–H groups in total. The lowest BCUT2D eigenvalue weighted by atomic mass is 10.1. The van der Waals surface area contributed by atoms with Gasteiger partial charge in [0.1, 0.15) is 10.8 Å². The summed E-state index contributed by atoms with van der Waals surface area (Å²) in [6.45, 7) is 4.23. The molecule has 3 aromatic rings. The lowest BCUT2D eigenvalue weighted by Crippen LogP contribution is -2.25. The molecule has 2 heterocycles. The van der Waals surface area contributed by atoms with Gasteiger partial charge in [-0.3, -0.25) is 4.79 Å². The molecule has 0 atom stereocenters. The number of fused-ring (bicyclic) bond motifs is 1. The van der Waals surface area contributed by atoms with Crippen LogP contribution in [0.5, 0.6) is 0 Å². The van der Waals surface area contributed by atoms with Crippen molar-refractivity contribution < 1.29 is 9.18 Å². The van der Waals surface area contributed by atoms with Crippen LogP contribution < -0.4 is 5.32 Å². The first-order valence-electron chi connectivity index (χ1n) is 8.01. The van der Waals surface area contributed by atoms with Crippen molar-refractivity contribution in [3.05, 3.63) is 63.8 Å². The number of hydrogen-bond acceptors (Lipinski definition) is 3. The van der Waals surface area contributed by atoms with Gasteiger partial charge in [-0.1, -0.05) is 23.7 Å². The number of rotatable bonds is 5. The Balaban J connectivity index is 1.63. The van der Waals surface area contributed by atoms with E-state index in [1.165, 1.54) is 12.1 Å². The van der Waals surface area contributed by atoms with Gasteiger partial charge in [-0.15, -0.1) is 0 Å². The van der Waals surface area contributed by atoms with Crippen molar-refractivity contribution in [1.29, 1.82) is 0 Å². The zero-order valence-electron chi connectivity index (χ0n) is 14.0. The molecule has 130 valence electrons. The van der Waals surface area contributed by atoms with Crippen molar-refractivity contribution in [2.75, 3.05) is 6.54 Å². The van der Waals surface area contributed by atoms with Gasteiger partial charge in [-0.05, 0) is 50.5 Å². The summed E-state index contributed by atoms with van der Waals surface area (Å²) in [5.74, 6) is -0.579. The van der Waals surface area contributed by atoms with Crippen LogP contribution in [-0.4, -0.2) is 27.0 Å². The molecule has 0 bridgehead atoms. The highest BCUT2D eigenvalue weighted by molar-refractivity contribution is 6.36. The van der Waals surface area contributed by atoms with Gasteiger partial charge in [0.25, 0.3) is 5.91 Å². The van der Waals surface area contributed by atoms with E-state index in [9.17, 15) is 9.18 Å². The fourth-order valence-corrected chi connectivity index (χ4v) is 2.92. The van der Waals surface area contributed by atoms with Gasteiger partial charge in [0.2, 0.25) is 0 Å². The SMILES string of the molecule is Cc1cc(C)n2nc(C(=O)NCCCc3ccc(F)cc3)c(Cl)c2n1. The zero-order valence-corrected chi connectivity index (χ0v) is 14.8. The van der Waals surface area contributed by atoms with Crippen molar-refractivity contribution in [2.45, 2.75) is 26.7 Å². The molecule has 0 aliphatic carbocycles. The number of amides is 1. The number of nitrogens with zero attached hydrogens (tertiary/aromatic N) is 3. The van der Waals surface area contributed by atoms with Crippen LogP contribution in [0.1, 0.15) is 33.9 Å². The number of aromatic nitrogens is 3. The molecule has 0 unspecified atom stereocenters. The first-order chi connectivity index (χ1) is 12.0. The second-order valence-electron chi connectivity index (χ2n) is 5.92. The Morgan fingerprint density at radius 3 is 2.72 bits per heavy atom. The first-order valence-corrected chi connectivity index (χ1v) is 8.38. The quantitative estimate of drug-likeness (QED) is 0.708. The number of nitrogens with one attached hydrogen (secondary N) is 1.